The topological polar surface area (TPSA) is 24.9 Å². The van der Waals surface area contributed by atoms with E-state index in [1.54, 1.807) is 18.5 Å². The summed E-state index contributed by atoms with van der Waals surface area (Å²) >= 11 is 0. The number of nitrogens with zero attached hydrogens (tertiary/aromatic N) is 1. The van der Waals surface area contributed by atoms with Crippen molar-refractivity contribution < 1.29 is 8.78 Å². The van der Waals surface area contributed by atoms with E-state index in [1.165, 1.54) is 0 Å². The Hall–Kier alpha value is -1.19. The fourth-order valence-electron chi connectivity index (χ4n) is 1.09. The first-order chi connectivity index (χ1) is 6.49. The van der Waals surface area contributed by atoms with Crippen LogP contribution < -0.4 is 5.32 Å². The van der Waals surface area contributed by atoms with Crippen LogP contribution in [0.2, 0.25) is 0 Å². The molecule has 4 heteroatoms. The van der Waals surface area contributed by atoms with Crippen LogP contribution in [0.15, 0.2) is 18.5 Å². The number of aryl methyl sites for hydroxylation is 1. The SMILES string of the molecule is Cc1cnccc1NCCC(C)(F)F. The van der Waals surface area contributed by atoms with Gasteiger partial charge in [0.05, 0.1) is 0 Å². The van der Waals surface area contributed by atoms with Gasteiger partial charge in [0.15, 0.2) is 0 Å². The Kier molecular flexibility index (Phi) is 3.38. The molecule has 0 saturated heterocycles. The Morgan fingerprint density at radius 2 is 2.21 bits per heavy atom. The molecule has 1 N–H and O–H groups in total. The molecule has 14 heavy (non-hydrogen) atoms. The molecule has 0 radical (unpaired) electrons. The Morgan fingerprint density at radius 1 is 1.50 bits per heavy atom. The molecule has 0 aliphatic rings. The van der Waals surface area contributed by atoms with Crippen molar-refractivity contribution in [2.24, 2.45) is 0 Å². The average molecular weight is 200 g/mol. The lowest BCUT2D eigenvalue weighted by molar-refractivity contribution is 0.0167. The van der Waals surface area contributed by atoms with E-state index in [4.69, 9.17) is 0 Å². The van der Waals surface area contributed by atoms with E-state index < -0.39 is 5.92 Å². The standard InChI is InChI=1S/C10H14F2N2/c1-8-7-13-5-3-9(8)14-6-4-10(2,11)12/h3,5,7H,4,6H2,1-2H3,(H,13,14). The second-order valence-electron chi connectivity index (χ2n) is 3.44. The fourth-order valence-corrected chi connectivity index (χ4v) is 1.09. The third kappa shape index (κ3) is 3.68. The molecular weight excluding hydrogens is 186 g/mol. The second kappa shape index (κ2) is 4.35. The second-order valence-corrected chi connectivity index (χ2v) is 3.44. The zero-order chi connectivity index (χ0) is 10.6. The summed E-state index contributed by atoms with van der Waals surface area (Å²) < 4.78 is 24.9. The van der Waals surface area contributed by atoms with E-state index in [0.717, 1.165) is 18.2 Å². The van der Waals surface area contributed by atoms with Crippen molar-refractivity contribution in [1.82, 2.24) is 4.98 Å². The minimum atomic E-state index is -2.60. The van der Waals surface area contributed by atoms with Crippen molar-refractivity contribution in [1.29, 1.82) is 0 Å². The molecule has 0 bridgehead atoms. The first kappa shape index (κ1) is 10.9. The Morgan fingerprint density at radius 3 is 2.79 bits per heavy atom. The van der Waals surface area contributed by atoms with Crippen molar-refractivity contribution in [3.8, 4) is 0 Å². The minimum Gasteiger partial charge on any atom is -0.385 e. The van der Waals surface area contributed by atoms with Crippen LogP contribution in [-0.2, 0) is 0 Å². The van der Waals surface area contributed by atoms with E-state index >= 15 is 0 Å². The minimum absolute atomic E-state index is 0.158. The molecule has 0 aliphatic heterocycles. The van der Waals surface area contributed by atoms with E-state index in [-0.39, 0.29) is 13.0 Å². The van der Waals surface area contributed by atoms with Gasteiger partial charge in [-0.05, 0) is 25.5 Å². The number of hydrogen-bond donors (Lipinski definition) is 1. The fraction of sp³-hybridized carbons (Fsp3) is 0.500. The summed E-state index contributed by atoms with van der Waals surface area (Å²) in [5.41, 5.74) is 1.83. The van der Waals surface area contributed by atoms with Gasteiger partial charge in [0.1, 0.15) is 0 Å². The third-order valence-electron chi connectivity index (χ3n) is 1.90. The van der Waals surface area contributed by atoms with Gasteiger partial charge < -0.3 is 5.32 Å². The first-order valence-electron chi connectivity index (χ1n) is 4.51. The number of anilines is 1. The molecule has 0 aliphatic carbocycles. The molecule has 1 rings (SSSR count). The van der Waals surface area contributed by atoms with Crippen LogP contribution >= 0.6 is 0 Å². The van der Waals surface area contributed by atoms with Crippen LogP contribution in [0.4, 0.5) is 14.5 Å². The number of halogens is 2. The van der Waals surface area contributed by atoms with Crippen LogP contribution in [0.25, 0.3) is 0 Å². The van der Waals surface area contributed by atoms with Crippen LogP contribution in [0.5, 0.6) is 0 Å². The van der Waals surface area contributed by atoms with Crippen molar-refractivity contribution in [2.75, 3.05) is 11.9 Å². The van der Waals surface area contributed by atoms with Gasteiger partial charge in [-0.15, -0.1) is 0 Å². The maximum Gasteiger partial charge on any atom is 0.247 e. The molecule has 0 atom stereocenters. The van der Waals surface area contributed by atoms with Gasteiger partial charge in [-0.25, -0.2) is 8.78 Å². The largest absolute Gasteiger partial charge is 0.385 e. The van der Waals surface area contributed by atoms with Crippen LogP contribution in [0.3, 0.4) is 0 Å². The van der Waals surface area contributed by atoms with Gasteiger partial charge >= 0.3 is 0 Å². The third-order valence-corrected chi connectivity index (χ3v) is 1.90. The molecule has 1 aromatic rings. The van der Waals surface area contributed by atoms with Gasteiger partial charge in [-0.2, -0.15) is 0 Å². The van der Waals surface area contributed by atoms with Crippen molar-refractivity contribution in [2.45, 2.75) is 26.2 Å². The summed E-state index contributed by atoms with van der Waals surface area (Å²) in [7, 11) is 0. The summed E-state index contributed by atoms with van der Waals surface area (Å²) in [4.78, 5) is 3.91. The van der Waals surface area contributed by atoms with Gasteiger partial charge in [-0.3, -0.25) is 4.98 Å². The molecule has 0 fully saturated rings. The molecule has 78 valence electrons. The molecule has 2 nitrogen and oxygen atoms in total. The highest BCUT2D eigenvalue weighted by molar-refractivity contribution is 5.48. The number of pyridine rings is 1. The zero-order valence-corrected chi connectivity index (χ0v) is 8.35. The van der Waals surface area contributed by atoms with E-state index in [1.807, 2.05) is 6.92 Å². The number of hydrogen-bond acceptors (Lipinski definition) is 2. The summed E-state index contributed by atoms with van der Waals surface area (Å²) in [6.45, 7) is 3.09. The maximum atomic E-state index is 12.5. The van der Waals surface area contributed by atoms with Gasteiger partial charge in [-0.1, -0.05) is 0 Å². The Balaban J connectivity index is 2.43. The highest BCUT2D eigenvalue weighted by Crippen LogP contribution is 2.17. The maximum absolute atomic E-state index is 12.5. The van der Waals surface area contributed by atoms with Crippen molar-refractivity contribution >= 4 is 5.69 Å². The lowest BCUT2D eigenvalue weighted by Crippen LogP contribution is -2.16. The smallest absolute Gasteiger partial charge is 0.247 e. The van der Waals surface area contributed by atoms with Gasteiger partial charge in [0, 0.05) is 31.0 Å². The van der Waals surface area contributed by atoms with Crippen LogP contribution in [0.1, 0.15) is 18.9 Å². The summed E-state index contributed by atoms with van der Waals surface area (Å²) in [6.07, 6.45) is 3.18. The molecule has 0 spiro atoms. The number of alkyl halides is 2. The molecule has 0 aromatic carbocycles. The first-order valence-corrected chi connectivity index (χ1v) is 4.51. The lowest BCUT2D eigenvalue weighted by atomic mass is 10.2. The number of nitrogens with one attached hydrogen (secondary N) is 1. The van der Waals surface area contributed by atoms with E-state index in [9.17, 15) is 8.78 Å². The highest BCUT2D eigenvalue weighted by Gasteiger charge is 2.19. The molecule has 0 saturated carbocycles. The number of rotatable bonds is 4. The molecule has 1 heterocycles. The predicted octanol–water partition coefficient (Wildman–Crippen LogP) is 2.85. The predicted molar refractivity (Wildman–Crippen MR) is 52.7 cm³/mol. The lowest BCUT2D eigenvalue weighted by Gasteiger charge is -2.12. The van der Waals surface area contributed by atoms with Crippen molar-refractivity contribution in [3.05, 3.63) is 24.0 Å². The summed E-state index contributed by atoms with van der Waals surface area (Å²) in [5, 5.41) is 2.95. The molecule has 0 unspecified atom stereocenters. The van der Waals surface area contributed by atoms with E-state index in [0.29, 0.717) is 0 Å². The van der Waals surface area contributed by atoms with Crippen LogP contribution in [-0.4, -0.2) is 17.5 Å². The van der Waals surface area contributed by atoms with Gasteiger partial charge in [0.2, 0.25) is 5.92 Å². The van der Waals surface area contributed by atoms with Gasteiger partial charge in [0.25, 0.3) is 0 Å². The zero-order valence-electron chi connectivity index (χ0n) is 8.35. The Labute approximate surface area is 82.4 Å². The Bertz CT molecular complexity index is 294. The quantitative estimate of drug-likeness (QED) is 0.808. The molecule has 1 aromatic heterocycles. The normalized spacial score (nSPS) is 11.4. The monoisotopic (exact) mass is 200 g/mol. The summed E-state index contributed by atoms with van der Waals surface area (Å²) in [6, 6.07) is 1.78. The average Bonchev–Trinajstić information content (AvgIpc) is 2.06. The molecular formula is C10H14F2N2. The van der Waals surface area contributed by atoms with Crippen molar-refractivity contribution in [3.63, 3.8) is 0 Å². The summed E-state index contributed by atoms with van der Waals surface area (Å²) in [5.74, 6) is -2.60. The van der Waals surface area contributed by atoms with Crippen LogP contribution in [0, 0.1) is 6.92 Å². The number of aromatic nitrogens is 1. The highest BCUT2D eigenvalue weighted by atomic mass is 19.3. The molecule has 0 amide bonds. The van der Waals surface area contributed by atoms with E-state index in [2.05, 4.69) is 10.3 Å².